The summed E-state index contributed by atoms with van der Waals surface area (Å²) in [5.41, 5.74) is 1.14. The fourth-order valence-corrected chi connectivity index (χ4v) is 2.36. The molecule has 26 heavy (non-hydrogen) atoms. The molecule has 7 heteroatoms. The van der Waals surface area contributed by atoms with Crippen LogP contribution in [-0.2, 0) is 11.3 Å². The average Bonchev–Trinajstić information content (AvgIpc) is 2.62. The number of halogens is 1. The summed E-state index contributed by atoms with van der Waals surface area (Å²) in [7, 11) is 1.78. The number of hydrogen-bond acceptors (Lipinski definition) is 4. The quantitative estimate of drug-likeness (QED) is 0.222. The van der Waals surface area contributed by atoms with Crippen molar-refractivity contribution >= 4 is 35.8 Å². The molecule has 0 bridgehead atoms. The van der Waals surface area contributed by atoms with Crippen LogP contribution in [0.5, 0.6) is 0 Å². The average molecular weight is 477 g/mol. The van der Waals surface area contributed by atoms with Crippen molar-refractivity contribution in [2.24, 2.45) is 10.9 Å². The molecule has 0 aromatic carbocycles. The zero-order valence-corrected chi connectivity index (χ0v) is 19.2. The highest BCUT2D eigenvalue weighted by atomic mass is 127. The van der Waals surface area contributed by atoms with Gasteiger partial charge in [0.1, 0.15) is 5.82 Å². The Bertz CT molecular complexity index is 489. The lowest BCUT2D eigenvalue weighted by Crippen LogP contribution is -2.37. The van der Waals surface area contributed by atoms with Gasteiger partial charge in [-0.25, -0.2) is 4.98 Å². The van der Waals surface area contributed by atoms with Gasteiger partial charge in [0, 0.05) is 52.6 Å². The van der Waals surface area contributed by atoms with Gasteiger partial charge >= 0.3 is 0 Å². The fraction of sp³-hybridized carbons (Fsp3) is 0.684. The van der Waals surface area contributed by atoms with Crippen LogP contribution in [0.4, 0.5) is 5.82 Å². The Morgan fingerprint density at radius 3 is 2.50 bits per heavy atom. The summed E-state index contributed by atoms with van der Waals surface area (Å²) in [5.74, 6) is 2.42. The van der Waals surface area contributed by atoms with Crippen molar-refractivity contribution < 1.29 is 4.74 Å². The van der Waals surface area contributed by atoms with Gasteiger partial charge < -0.3 is 20.3 Å². The SMILES string of the molecule is CCN(CC)c1ccc(CNC(=NC)NCCCOCC(C)C)cn1.I. The summed E-state index contributed by atoms with van der Waals surface area (Å²) in [6, 6.07) is 4.19. The monoisotopic (exact) mass is 477 g/mol. The second-order valence-electron chi connectivity index (χ2n) is 6.37. The van der Waals surface area contributed by atoms with Crippen LogP contribution >= 0.6 is 24.0 Å². The van der Waals surface area contributed by atoms with Crippen LogP contribution < -0.4 is 15.5 Å². The van der Waals surface area contributed by atoms with Crippen LogP contribution in [0.2, 0.25) is 0 Å². The first-order valence-corrected chi connectivity index (χ1v) is 9.32. The number of nitrogens with one attached hydrogen (secondary N) is 2. The van der Waals surface area contributed by atoms with Crippen LogP contribution in [0.15, 0.2) is 23.3 Å². The number of rotatable bonds is 11. The number of ether oxygens (including phenoxy) is 1. The standard InChI is InChI=1S/C19H35N5O.HI/c1-6-24(7-2)18-10-9-17(13-22-18)14-23-19(20-5)21-11-8-12-25-15-16(3)4;/h9-10,13,16H,6-8,11-12,14-15H2,1-5H3,(H2,20,21,23);1H. The van der Waals surface area contributed by atoms with Crippen LogP contribution in [-0.4, -0.2) is 50.8 Å². The molecule has 1 heterocycles. The molecule has 0 unspecified atom stereocenters. The molecule has 0 atom stereocenters. The molecule has 0 aliphatic carbocycles. The number of aromatic nitrogens is 1. The molecule has 0 aliphatic heterocycles. The molecule has 0 fully saturated rings. The highest BCUT2D eigenvalue weighted by molar-refractivity contribution is 14.0. The number of aliphatic imine (C=N–C) groups is 1. The molecule has 1 rings (SSSR count). The number of nitrogens with zero attached hydrogens (tertiary/aromatic N) is 3. The molecule has 0 saturated heterocycles. The van der Waals surface area contributed by atoms with Gasteiger partial charge in [0.2, 0.25) is 0 Å². The number of guanidine groups is 1. The topological polar surface area (TPSA) is 61.8 Å². The first-order valence-electron chi connectivity index (χ1n) is 9.32. The molecule has 2 N–H and O–H groups in total. The van der Waals surface area contributed by atoms with Crippen molar-refractivity contribution in [1.29, 1.82) is 0 Å². The van der Waals surface area contributed by atoms with E-state index >= 15 is 0 Å². The Morgan fingerprint density at radius 1 is 1.23 bits per heavy atom. The summed E-state index contributed by atoms with van der Waals surface area (Å²) in [4.78, 5) is 11.0. The molecule has 0 saturated carbocycles. The second-order valence-corrected chi connectivity index (χ2v) is 6.37. The Morgan fingerprint density at radius 2 is 1.96 bits per heavy atom. The minimum atomic E-state index is 0. The van der Waals surface area contributed by atoms with Crippen molar-refractivity contribution in [2.45, 2.75) is 40.7 Å². The van der Waals surface area contributed by atoms with E-state index in [1.807, 2.05) is 6.20 Å². The first kappa shape index (κ1) is 24.9. The largest absolute Gasteiger partial charge is 0.381 e. The third-order valence-corrected chi connectivity index (χ3v) is 3.79. The van der Waals surface area contributed by atoms with E-state index < -0.39 is 0 Å². The smallest absolute Gasteiger partial charge is 0.191 e. The van der Waals surface area contributed by atoms with E-state index in [2.05, 4.69) is 65.3 Å². The molecule has 0 radical (unpaired) electrons. The third-order valence-electron chi connectivity index (χ3n) is 3.79. The summed E-state index contributed by atoms with van der Waals surface area (Å²) < 4.78 is 5.58. The Labute approximate surface area is 176 Å². The highest BCUT2D eigenvalue weighted by Crippen LogP contribution is 2.10. The second kappa shape index (κ2) is 15.0. The van der Waals surface area contributed by atoms with E-state index in [0.717, 1.165) is 56.6 Å². The van der Waals surface area contributed by atoms with Crippen molar-refractivity contribution in [3.63, 3.8) is 0 Å². The van der Waals surface area contributed by atoms with Crippen molar-refractivity contribution in [3.05, 3.63) is 23.9 Å². The summed E-state index contributed by atoms with van der Waals surface area (Å²) in [6.07, 6.45) is 2.89. The highest BCUT2D eigenvalue weighted by Gasteiger charge is 2.04. The van der Waals surface area contributed by atoms with Crippen LogP contribution in [0, 0.1) is 5.92 Å². The summed E-state index contributed by atoms with van der Waals surface area (Å²) in [5, 5.41) is 6.62. The Hall–Kier alpha value is -1.09. The van der Waals surface area contributed by atoms with E-state index in [-0.39, 0.29) is 24.0 Å². The minimum Gasteiger partial charge on any atom is -0.381 e. The Balaban J connectivity index is 0.00000625. The summed E-state index contributed by atoms with van der Waals surface area (Å²) in [6.45, 7) is 13.7. The van der Waals surface area contributed by atoms with Gasteiger partial charge in [-0.3, -0.25) is 4.99 Å². The molecule has 1 aromatic heterocycles. The van der Waals surface area contributed by atoms with E-state index in [1.165, 1.54) is 0 Å². The maximum absolute atomic E-state index is 5.58. The van der Waals surface area contributed by atoms with Gasteiger partial charge in [-0.15, -0.1) is 24.0 Å². The maximum Gasteiger partial charge on any atom is 0.191 e. The first-order chi connectivity index (χ1) is 12.1. The van der Waals surface area contributed by atoms with Crippen LogP contribution in [0.25, 0.3) is 0 Å². The normalized spacial score (nSPS) is 11.2. The van der Waals surface area contributed by atoms with Crippen LogP contribution in [0.1, 0.15) is 39.7 Å². The van der Waals surface area contributed by atoms with Gasteiger partial charge in [-0.2, -0.15) is 0 Å². The predicted octanol–water partition coefficient (Wildman–Crippen LogP) is 3.27. The van der Waals surface area contributed by atoms with Crippen LogP contribution in [0.3, 0.4) is 0 Å². The minimum absolute atomic E-state index is 0. The zero-order chi connectivity index (χ0) is 18.5. The zero-order valence-electron chi connectivity index (χ0n) is 16.9. The van der Waals surface area contributed by atoms with Gasteiger partial charge in [0.05, 0.1) is 0 Å². The number of pyridine rings is 1. The van der Waals surface area contributed by atoms with Crippen molar-refractivity contribution in [2.75, 3.05) is 44.8 Å². The van der Waals surface area contributed by atoms with E-state index in [0.29, 0.717) is 12.5 Å². The molecule has 1 aromatic rings. The third kappa shape index (κ3) is 10.2. The van der Waals surface area contributed by atoms with E-state index in [1.54, 1.807) is 7.05 Å². The Kier molecular flexibility index (Phi) is 14.4. The number of hydrogen-bond donors (Lipinski definition) is 2. The van der Waals surface area contributed by atoms with E-state index in [9.17, 15) is 0 Å². The molecule has 150 valence electrons. The molecule has 6 nitrogen and oxygen atoms in total. The van der Waals surface area contributed by atoms with Gasteiger partial charge in [0.25, 0.3) is 0 Å². The maximum atomic E-state index is 5.58. The van der Waals surface area contributed by atoms with Gasteiger partial charge in [-0.05, 0) is 37.8 Å². The van der Waals surface area contributed by atoms with E-state index in [4.69, 9.17) is 4.74 Å². The molecular formula is C19H36IN5O. The lowest BCUT2D eigenvalue weighted by molar-refractivity contribution is 0.108. The molecule has 0 amide bonds. The van der Waals surface area contributed by atoms with Gasteiger partial charge in [-0.1, -0.05) is 19.9 Å². The number of anilines is 1. The lowest BCUT2D eigenvalue weighted by Gasteiger charge is -2.19. The predicted molar refractivity (Wildman–Crippen MR) is 122 cm³/mol. The fourth-order valence-electron chi connectivity index (χ4n) is 2.36. The van der Waals surface area contributed by atoms with Gasteiger partial charge in [0.15, 0.2) is 5.96 Å². The summed E-state index contributed by atoms with van der Waals surface area (Å²) >= 11 is 0. The lowest BCUT2D eigenvalue weighted by atomic mass is 10.2. The molecule has 0 spiro atoms. The molecule has 0 aliphatic rings. The molecular weight excluding hydrogens is 441 g/mol. The van der Waals surface area contributed by atoms with Crippen molar-refractivity contribution in [1.82, 2.24) is 15.6 Å². The van der Waals surface area contributed by atoms with Crippen molar-refractivity contribution in [3.8, 4) is 0 Å².